The van der Waals surface area contributed by atoms with Crippen LogP contribution in [0.3, 0.4) is 0 Å². The summed E-state index contributed by atoms with van der Waals surface area (Å²) in [6, 6.07) is 17.6. The van der Waals surface area contributed by atoms with Gasteiger partial charge in [0.1, 0.15) is 12.4 Å². The van der Waals surface area contributed by atoms with Crippen molar-refractivity contribution in [3.05, 3.63) is 105 Å². The van der Waals surface area contributed by atoms with Crippen LogP contribution in [0, 0.1) is 19.7 Å². The lowest BCUT2D eigenvalue weighted by Gasteiger charge is -2.14. The molecule has 1 saturated heterocycles. The molecular weight excluding hydrogens is 525 g/mol. The summed E-state index contributed by atoms with van der Waals surface area (Å²) in [7, 11) is 0. The number of amides is 3. The first-order chi connectivity index (χ1) is 18.2. The molecule has 1 N–H and O–H groups in total. The van der Waals surface area contributed by atoms with E-state index in [1.807, 2.05) is 54.8 Å². The van der Waals surface area contributed by atoms with Crippen LogP contribution in [-0.2, 0) is 16.1 Å². The maximum absolute atomic E-state index is 14.5. The zero-order chi connectivity index (χ0) is 27.0. The number of aromatic nitrogens is 1. The number of carbonyl (C=O) groups excluding carboxylic acids is 3. The smallest absolute Gasteiger partial charge is 0.294 e. The third-order valence-corrected chi connectivity index (χ3v) is 7.81. The SMILES string of the molecule is Cc1cccc(NC(=O)CN2C(=O)S/C(=C/c3cn(Cc4c(F)cccc4Cl)c4ccccc34)C2=O)c1C. The molecule has 0 spiro atoms. The highest BCUT2D eigenvalue weighted by atomic mass is 35.5. The lowest BCUT2D eigenvalue weighted by atomic mass is 10.1. The van der Waals surface area contributed by atoms with Crippen molar-refractivity contribution in [3.8, 4) is 0 Å². The van der Waals surface area contributed by atoms with Crippen molar-refractivity contribution in [3.63, 3.8) is 0 Å². The predicted molar refractivity (Wildman–Crippen MR) is 150 cm³/mol. The number of halogens is 2. The number of para-hydroxylation sites is 1. The van der Waals surface area contributed by atoms with Crippen LogP contribution < -0.4 is 5.32 Å². The van der Waals surface area contributed by atoms with E-state index in [2.05, 4.69) is 5.32 Å². The molecule has 0 radical (unpaired) electrons. The van der Waals surface area contributed by atoms with Gasteiger partial charge < -0.3 is 9.88 Å². The van der Waals surface area contributed by atoms with Gasteiger partial charge in [-0.05, 0) is 67.1 Å². The highest BCUT2D eigenvalue weighted by Crippen LogP contribution is 2.34. The first-order valence-electron chi connectivity index (χ1n) is 11.8. The van der Waals surface area contributed by atoms with Crippen LogP contribution >= 0.6 is 23.4 Å². The average molecular weight is 548 g/mol. The van der Waals surface area contributed by atoms with Gasteiger partial charge in [-0.3, -0.25) is 19.3 Å². The van der Waals surface area contributed by atoms with E-state index in [1.165, 1.54) is 6.07 Å². The lowest BCUT2D eigenvalue weighted by molar-refractivity contribution is -0.127. The van der Waals surface area contributed by atoms with E-state index in [0.717, 1.165) is 38.7 Å². The van der Waals surface area contributed by atoms with Crippen molar-refractivity contribution in [2.75, 3.05) is 11.9 Å². The van der Waals surface area contributed by atoms with Crippen molar-refractivity contribution in [2.45, 2.75) is 20.4 Å². The van der Waals surface area contributed by atoms with Gasteiger partial charge in [0.2, 0.25) is 5.91 Å². The second-order valence-electron chi connectivity index (χ2n) is 8.99. The summed E-state index contributed by atoms with van der Waals surface area (Å²) in [5, 5.41) is 3.43. The van der Waals surface area contributed by atoms with E-state index in [-0.39, 0.29) is 18.0 Å². The molecule has 0 bridgehead atoms. The molecule has 0 aliphatic carbocycles. The molecule has 1 aliphatic heterocycles. The molecule has 0 atom stereocenters. The van der Waals surface area contributed by atoms with E-state index < -0.39 is 22.9 Å². The number of carbonyl (C=O) groups is 3. The Bertz CT molecular complexity index is 1630. The Hall–Kier alpha value is -3.88. The van der Waals surface area contributed by atoms with Crippen LogP contribution in [0.4, 0.5) is 14.9 Å². The normalized spacial score (nSPS) is 14.6. The zero-order valence-electron chi connectivity index (χ0n) is 20.6. The van der Waals surface area contributed by atoms with E-state index in [1.54, 1.807) is 30.5 Å². The number of anilines is 1. The van der Waals surface area contributed by atoms with Gasteiger partial charge in [0.05, 0.1) is 11.4 Å². The third-order valence-electron chi connectivity index (χ3n) is 6.55. The summed E-state index contributed by atoms with van der Waals surface area (Å²) in [5.41, 5.74) is 4.46. The highest BCUT2D eigenvalue weighted by molar-refractivity contribution is 8.18. The summed E-state index contributed by atoms with van der Waals surface area (Å²) < 4.78 is 16.3. The number of hydrogen-bond acceptors (Lipinski definition) is 4. The second-order valence-corrected chi connectivity index (χ2v) is 10.4. The van der Waals surface area contributed by atoms with Crippen molar-refractivity contribution in [1.29, 1.82) is 0 Å². The van der Waals surface area contributed by atoms with Crippen LogP contribution in [0.1, 0.15) is 22.3 Å². The first-order valence-corrected chi connectivity index (χ1v) is 13.0. The second kappa shape index (κ2) is 10.5. The van der Waals surface area contributed by atoms with E-state index in [0.29, 0.717) is 21.8 Å². The number of thioether (sulfide) groups is 1. The minimum atomic E-state index is -0.537. The molecule has 1 aliphatic rings. The molecule has 0 unspecified atom stereocenters. The van der Waals surface area contributed by atoms with Gasteiger partial charge in [-0.2, -0.15) is 0 Å². The number of nitrogens with zero attached hydrogens (tertiary/aromatic N) is 2. The summed E-state index contributed by atoms with van der Waals surface area (Å²) in [4.78, 5) is 39.6. The molecule has 3 amide bonds. The van der Waals surface area contributed by atoms with Crippen LogP contribution in [0.25, 0.3) is 17.0 Å². The highest BCUT2D eigenvalue weighted by Gasteiger charge is 2.36. The molecule has 192 valence electrons. The fourth-order valence-electron chi connectivity index (χ4n) is 4.37. The molecule has 5 rings (SSSR count). The molecule has 9 heteroatoms. The number of benzene rings is 3. The Morgan fingerprint density at radius 2 is 1.82 bits per heavy atom. The lowest BCUT2D eigenvalue weighted by Crippen LogP contribution is -2.36. The number of imide groups is 1. The maximum atomic E-state index is 14.5. The van der Waals surface area contributed by atoms with Gasteiger partial charge in [0.25, 0.3) is 11.1 Å². The van der Waals surface area contributed by atoms with Crippen LogP contribution in [0.5, 0.6) is 0 Å². The number of aryl methyl sites for hydroxylation is 1. The van der Waals surface area contributed by atoms with Crippen LogP contribution in [0.15, 0.2) is 71.8 Å². The summed E-state index contributed by atoms with van der Waals surface area (Å²) in [5.74, 6) is -1.40. The number of rotatable bonds is 6. The van der Waals surface area contributed by atoms with E-state index in [4.69, 9.17) is 11.6 Å². The van der Waals surface area contributed by atoms with Gasteiger partial charge in [0.15, 0.2) is 0 Å². The zero-order valence-corrected chi connectivity index (χ0v) is 22.2. The molecule has 6 nitrogen and oxygen atoms in total. The standard InChI is InChI=1S/C29H23ClFN3O3S/c1-17-7-5-11-24(18(17)2)32-27(35)16-34-28(36)26(38-29(34)37)13-19-14-33(25-12-4-3-8-20(19)25)15-21-22(30)9-6-10-23(21)31/h3-14H,15-16H2,1-2H3,(H,32,35)/b26-13+. The van der Waals surface area contributed by atoms with Gasteiger partial charge in [0, 0.05) is 38.9 Å². The molecule has 0 saturated carbocycles. The Morgan fingerprint density at radius 1 is 1.05 bits per heavy atom. The van der Waals surface area contributed by atoms with Crippen molar-refractivity contribution < 1.29 is 18.8 Å². The summed E-state index contributed by atoms with van der Waals surface area (Å²) in [6.07, 6.45) is 3.43. The van der Waals surface area contributed by atoms with Gasteiger partial charge in [-0.25, -0.2) is 4.39 Å². The molecular formula is C29H23ClFN3O3S. The topological polar surface area (TPSA) is 71.4 Å². The van der Waals surface area contributed by atoms with Crippen LogP contribution in [0.2, 0.25) is 5.02 Å². The third kappa shape index (κ3) is 4.97. The quantitative estimate of drug-likeness (QED) is 0.270. The monoisotopic (exact) mass is 547 g/mol. The average Bonchev–Trinajstić information content (AvgIpc) is 3.36. The van der Waals surface area contributed by atoms with E-state index in [9.17, 15) is 18.8 Å². The number of nitrogens with one attached hydrogen (secondary N) is 1. The first kappa shape index (κ1) is 25.8. The molecule has 4 aromatic rings. The van der Waals surface area contributed by atoms with Crippen molar-refractivity contribution >= 4 is 63.1 Å². The Morgan fingerprint density at radius 3 is 2.61 bits per heavy atom. The van der Waals surface area contributed by atoms with Crippen molar-refractivity contribution in [1.82, 2.24) is 9.47 Å². The van der Waals surface area contributed by atoms with Crippen LogP contribution in [-0.4, -0.2) is 33.1 Å². The Balaban J connectivity index is 1.40. The Kier molecular flexibility index (Phi) is 7.10. The fraction of sp³-hybridized carbons (Fsp3) is 0.138. The number of fused-ring (bicyclic) bond motifs is 1. The number of hydrogen-bond donors (Lipinski definition) is 1. The van der Waals surface area contributed by atoms with Gasteiger partial charge in [-0.15, -0.1) is 0 Å². The Labute approximate surface area is 228 Å². The fourth-order valence-corrected chi connectivity index (χ4v) is 5.42. The molecule has 38 heavy (non-hydrogen) atoms. The molecule has 1 fully saturated rings. The van der Waals surface area contributed by atoms with E-state index >= 15 is 0 Å². The summed E-state index contributed by atoms with van der Waals surface area (Å²) >= 11 is 7.03. The minimum absolute atomic E-state index is 0.194. The largest absolute Gasteiger partial charge is 0.342 e. The minimum Gasteiger partial charge on any atom is -0.342 e. The molecule has 1 aromatic heterocycles. The molecule has 3 aromatic carbocycles. The summed E-state index contributed by atoms with van der Waals surface area (Å²) in [6.45, 7) is 3.64. The van der Waals surface area contributed by atoms with Gasteiger partial charge in [-0.1, -0.05) is 48.0 Å². The van der Waals surface area contributed by atoms with Crippen molar-refractivity contribution in [2.24, 2.45) is 0 Å². The predicted octanol–water partition coefficient (Wildman–Crippen LogP) is 6.77. The van der Waals surface area contributed by atoms with Gasteiger partial charge >= 0.3 is 0 Å². The maximum Gasteiger partial charge on any atom is 0.294 e. The molecule has 2 heterocycles.